The second-order valence-corrected chi connectivity index (χ2v) is 4.62. The predicted molar refractivity (Wildman–Crippen MR) is 65.3 cm³/mol. The van der Waals surface area contributed by atoms with Gasteiger partial charge < -0.3 is 10.5 Å². The van der Waals surface area contributed by atoms with Crippen molar-refractivity contribution in [3.63, 3.8) is 0 Å². The van der Waals surface area contributed by atoms with Crippen LogP contribution in [0.4, 0.5) is 5.69 Å². The molecule has 0 saturated carbocycles. The van der Waals surface area contributed by atoms with Gasteiger partial charge in [-0.15, -0.1) is 0 Å². The van der Waals surface area contributed by atoms with Crippen molar-refractivity contribution in [2.45, 2.75) is 46.6 Å². The molecular weight excluding hydrogens is 186 g/mol. The third-order valence-corrected chi connectivity index (χ3v) is 3.02. The summed E-state index contributed by atoms with van der Waals surface area (Å²) in [5.41, 5.74) is 8.79. The average molecular weight is 207 g/mol. The monoisotopic (exact) mass is 207 g/mol. The SMILES string of the molecule is CCC(C)(C)Oc1ccc(N)c(C)c1C. The number of nitrogens with two attached hydrogens (primary N) is 1. The number of anilines is 1. The van der Waals surface area contributed by atoms with Crippen LogP contribution in [0.15, 0.2) is 12.1 Å². The van der Waals surface area contributed by atoms with Gasteiger partial charge in [0, 0.05) is 5.69 Å². The topological polar surface area (TPSA) is 35.2 Å². The predicted octanol–water partition coefficient (Wildman–Crippen LogP) is 3.45. The molecule has 0 amide bonds. The van der Waals surface area contributed by atoms with Crippen LogP contribution in [0.25, 0.3) is 0 Å². The lowest BCUT2D eigenvalue weighted by Gasteiger charge is -2.26. The standard InChI is InChI=1S/C13H21NO/c1-6-13(4,5)15-12-8-7-11(14)9(2)10(12)3/h7-8H,6,14H2,1-5H3. The first-order valence-electron chi connectivity index (χ1n) is 5.42. The van der Waals surface area contributed by atoms with Crippen molar-refractivity contribution in [1.82, 2.24) is 0 Å². The van der Waals surface area contributed by atoms with Crippen molar-refractivity contribution in [2.24, 2.45) is 0 Å². The second-order valence-electron chi connectivity index (χ2n) is 4.62. The van der Waals surface area contributed by atoms with Crippen molar-refractivity contribution in [2.75, 3.05) is 5.73 Å². The Morgan fingerprint density at radius 3 is 2.33 bits per heavy atom. The molecule has 2 N–H and O–H groups in total. The normalized spacial score (nSPS) is 11.5. The lowest BCUT2D eigenvalue weighted by Crippen LogP contribution is -2.27. The Morgan fingerprint density at radius 2 is 1.80 bits per heavy atom. The van der Waals surface area contributed by atoms with Gasteiger partial charge >= 0.3 is 0 Å². The molecule has 2 heteroatoms. The molecular formula is C13H21NO. The molecule has 1 aromatic rings. The van der Waals surface area contributed by atoms with Gasteiger partial charge in [-0.05, 0) is 57.4 Å². The van der Waals surface area contributed by atoms with Gasteiger partial charge in [-0.1, -0.05) is 6.92 Å². The highest BCUT2D eigenvalue weighted by Crippen LogP contribution is 2.29. The Balaban J connectivity index is 3.02. The fourth-order valence-electron chi connectivity index (χ4n) is 1.30. The van der Waals surface area contributed by atoms with Crippen molar-refractivity contribution >= 4 is 5.69 Å². The van der Waals surface area contributed by atoms with E-state index in [1.54, 1.807) is 0 Å². The third-order valence-electron chi connectivity index (χ3n) is 3.02. The number of hydrogen-bond donors (Lipinski definition) is 1. The largest absolute Gasteiger partial charge is 0.488 e. The molecule has 0 atom stereocenters. The summed E-state index contributed by atoms with van der Waals surface area (Å²) in [6.07, 6.45) is 0.982. The van der Waals surface area contributed by atoms with E-state index in [4.69, 9.17) is 10.5 Å². The van der Waals surface area contributed by atoms with Crippen LogP contribution in [-0.2, 0) is 0 Å². The highest BCUT2D eigenvalue weighted by atomic mass is 16.5. The van der Waals surface area contributed by atoms with Crippen molar-refractivity contribution < 1.29 is 4.74 Å². The molecule has 0 aliphatic carbocycles. The van der Waals surface area contributed by atoms with E-state index in [0.29, 0.717) is 0 Å². The molecule has 0 aliphatic rings. The Kier molecular flexibility index (Phi) is 3.28. The third kappa shape index (κ3) is 2.65. The van der Waals surface area contributed by atoms with Gasteiger partial charge in [-0.3, -0.25) is 0 Å². The van der Waals surface area contributed by atoms with Gasteiger partial charge in [0.15, 0.2) is 0 Å². The minimum atomic E-state index is -0.118. The van der Waals surface area contributed by atoms with Gasteiger partial charge in [0.2, 0.25) is 0 Å². The first kappa shape index (κ1) is 11.9. The molecule has 0 aromatic heterocycles. The van der Waals surface area contributed by atoms with E-state index < -0.39 is 0 Å². The lowest BCUT2D eigenvalue weighted by atomic mass is 10.0. The summed E-state index contributed by atoms with van der Waals surface area (Å²) in [4.78, 5) is 0. The van der Waals surface area contributed by atoms with E-state index in [1.807, 2.05) is 26.0 Å². The van der Waals surface area contributed by atoms with E-state index in [9.17, 15) is 0 Å². The van der Waals surface area contributed by atoms with Crippen LogP contribution in [0.5, 0.6) is 5.75 Å². The summed E-state index contributed by atoms with van der Waals surface area (Å²) in [7, 11) is 0. The molecule has 2 nitrogen and oxygen atoms in total. The number of rotatable bonds is 3. The van der Waals surface area contributed by atoms with E-state index in [1.165, 1.54) is 0 Å². The summed E-state index contributed by atoms with van der Waals surface area (Å²) in [5.74, 6) is 0.938. The Morgan fingerprint density at radius 1 is 1.20 bits per heavy atom. The summed E-state index contributed by atoms with van der Waals surface area (Å²) in [6, 6.07) is 3.86. The maximum Gasteiger partial charge on any atom is 0.123 e. The summed E-state index contributed by atoms with van der Waals surface area (Å²) < 4.78 is 5.96. The molecule has 0 unspecified atom stereocenters. The Labute approximate surface area is 92.4 Å². The molecule has 0 spiro atoms. The van der Waals surface area contributed by atoms with Crippen molar-refractivity contribution in [1.29, 1.82) is 0 Å². The molecule has 0 fully saturated rings. The van der Waals surface area contributed by atoms with Crippen molar-refractivity contribution in [3.05, 3.63) is 23.3 Å². The van der Waals surface area contributed by atoms with Crippen LogP contribution < -0.4 is 10.5 Å². The zero-order valence-corrected chi connectivity index (χ0v) is 10.3. The number of nitrogen functional groups attached to an aromatic ring is 1. The van der Waals surface area contributed by atoms with Gasteiger partial charge in [0.05, 0.1) is 0 Å². The summed E-state index contributed by atoms with van der Waals surface area (Å²) >= 11 is 0. The summed E-state index contributed by atoms with van der Waals surface area (Å²) in [6.45, 7) is 10.4. The van der Waals surface area contributed by atoms with Crippen LogP contribution >= 0.6 is 0 Å². The molecule has 15 heavy (non-hydrogen) atoms. The molecule has 0 saturated heterocycles. The van der Waals surface area contributed by atoms with E-state index in [-0.39, 0.29) is 5.60 Å². The first-order valence-corrected chi connectivity index (χ1v) is 5.42. The maximum atomic E-state index is 5.96. The van der Waals surface area contributed by atoms with Gasteiger partial charge in [-0.25, -0.2) is 0 Å². The number of hydrogen-bond acceptors (Lipinski definition) is 2. The van der Waals surface area contributed by atoms with E-state index in [0.717, 1.165) is 29.0 Å². The molecule has 0 radical (unpaired) electrons. The van der Waals surface area contributed by atoms with E-state index in [2.05, 4.69) is 20.8 Å². The average Bonchev–Trinajstić information content (AvgIpc) is 2.19. The fourth-order valence-corrected chi connectivity index (χ4v) is 1.30. The molecule has 84 valence electrons. The van der Waals surface area contributed by atoms with Crippen molar-refractivity contribution in [3.8, 4) is 5.75 Å². The number of benzene rings is 1. The minimum Gasteiger partial charge on any atom is -0.488 e. The van der Waals surface area contributed by atoms with Gasteiger partial charge in [-0.2, -0.15) is 0 Å². The highest BCUT2D eigenvalue weighted by molar-refractivity contribution is 5.55. The van der Waals surface area contributed by atoms with Gasteiger partial charge in [0.1, 0.15) is 11.4 Å². The van der Waals surface area contributed by atoms with Crippen LogP contribution in [0.1, 0.15) is 38.3 Å². The molecule has 0 heterocycles. The van der Waals surface area contributed by atoms with Gasteiger partial charge in [0.25, 0.3) is 0 Å². The quantitative estimate of drug-likeness (QED) is 0.770. The maximum absolute atomic E-state index is 5.96. The van der Waals surface area contributed by atoms with Crippen LogP contribution in [0.3, 0.4) is 0 Å². The molecule has 0 bridgehead atoms. The van der Waals surface area contributed by atoms with Crippen LogP contribution in [0, 0.1) is 13.8 Å². The zero-order valence-electron chi connectivity index (χ0n) is 10.3. The van der Waals surface area contributed by atoms with Crippen LogP contribution in [-0.4, -0.2) is 5.60 Å². The molecule has 1 aromatic carbocycles. The highest BCUT2D eigenvalue weighted by Gasteiger charge is 2.18. The Hall–Kier alpha value is -1.18. The summed E-state index contributed by atoms with van der Waals surface area (Å²) in [5, 5.41) is 0. The minimum absolute atomic E-state index is 0.118. The first-order chi connectivity index (χ1) is 6.87. The van der Waals surface area contributed by atoms with Crippen LogP contribution in [0.2, 0.25) is 0 Å². The lowest BCUT2D eigenvalue weighted by molar-refractivity contribution is 0.104. The van der Waals surface area contributed by atoms with E-state index >= 15 is 0 Å². The molecule has 0 aliphatic heterocycles. The molecule has 1 rings (SSSR count). The second kappa shape index (κ2) is 4.13. The fraction of sp³-hybridized carbons (Fsp3) is 0.538. The zero-order chi connectivity index (χ0) is 11.6. The smallest absolute Gasteiger partial charge is 0.123 e. The number of ether oxygens (including phenoxy) is 1. The Bertz CT molecular complexity index is 356.